The average Bonchev–Trinajstić information content (AvgIpc) is 2.68. The molecule has 0 aromatic heterocycles. The fourth-order valence-corrected chi connectivity index (χ4v) is 4.30. The zero-order chi connectivity index (χ0) is 18.8. The second kappa shape index (κ2) is 15.4. The number of hydrogen-bond acceptors (Lipinski definition) is 0. The molecule has 0 spiro atoms. The molecule has 1 aromatic rings. The zero-order valence-electron chi connectivity index (χ0n) is 18.7. The Hall–Kier alpha value is 0.600. The highest BCUT2D eigenvalue weighted by Crippen LogP contribution is 2.24. The molecule has 4 heteroatoms. The molecule has 0 aliphatic rings. The van der Waals surface area contributed by atoms with Crippen molar-refractivity contribution in [3.05, 3.63) is 29.8 Å². The van der Waals surface area contributed by atoms with E-state index in [2.05, 4.69) is 65.8 Å². The summed E-state index contributed by atoms with van der Waals surface area (Å²) in [6, 6.07) is 9.49. The van der Waals surface area contributed by atoms with Crippen LogP contribution in [0, 0.1) is 0 Å². The van der Waals surface area contributed by atoms with E-state index in [9.17, 15) is 0 Å². The molecule has 0 radical (unpaired) electrons. The van der Waals surface area contributed by atoms with Crippen molar-refractivity contribution in [1.29, 1.82) is 0 Å². The monoisotopic (exact) mass is 602 g/mol. The van der Waals surface area contributed by atoms with E-state index in [4.69, 9.17) is 0 Å². The molecule has 160 valence electrons. The lowest BCUT2D eigenvalue weighted by Crippen LogP contribution is -3.00. The van der Waals surface area contributed by atoms with E-state index in [1.165, 1.54) is 87.2 Å². The molecular weight excluding hydrogens is 558 g/mol. The molecule has 0 unspecified atom stereocenters. The molecule has 0 atom stereocenters. The van der Waals surface area contributed by atoms with Crippen LogP contribution in [0.3, 0.4) is 0 Å². The first-order valence-electron chi connectivity index (χ1n) is 10.9. The fraction of sp³-hybridized carbons (Fsp3) is 0.739. The minimum Gasteiger partial charge on any atom is -1.00 e. The van der Waals surface area contributed by atoms with Crippen LogP contribution in [0.5, 0.6) is 0 Å². The van der Waals surface area contributed by atoms with Crippen LogP contribution in [0.25, 0.3) is 0 Å². The zero-order valence-corrected chi connectivity index (χ0v) is 23.1. The molecule has 0 N–H and O–H groups in total. The Morgan fingerprint density at radius 2 is 1.07 bits per heavy atom. The predicted octanol–water partition coefficient (Wildman–Crippen LogP) is -0.349. The number of unbranched alkanes of at least 4 members (excludes halogenated alkanes) is 2. The molecule has 1 aromatic carbocycles. The van der Waals surface area contributed by atoms with Crippen LogP contribution in [0.2, 0.25) is 0 Å². The van der Waals surface area contributed by atoms with Crippen molar-refractivity contribution in [3.63, 3.8) is 0 Å². The highest BCUT2D eigenvalue weighted by atomic mass is 127. The summed E-state index contributed by atoms with van der Waals surface area (Å²) in [5.74, 6) is 0. The Morgan fingerprint density at radius 3 is 1.48 bits per heavy atom. The van der Waals surface area contributed by atoms with Gasteiger partial charge in [-0.25, -0.2) is 0 Å². The Morgan fingerprint density at radius 1 is 0.593 bits per heavy atom. The van der Waals surface area contributed by atoms with Crippen LogP contribution in [0.4, 0.5) is 5.69 Å². The Labute approximate surface area is 204 Å². The summed E-state index contributed by atoms with van der Waals surface area (Å²) in [7, 11) is 0. The van der Waals surface area contributed by atoms with Gasteiger partial charge in [-0.2, -0.15) is 0 Å². The van der Waals surface area contributed by atoms with Crippen LogP contribution in [-0.2, 0) is 6.42 Å². The average molecular weight is 602 g/mol. The summed E-state index contributed by atoms with van der Waals surface area (Å²) >= 11 is 0. The van der Waals surface area contributed by atoms with Gasteiger partial charge < -0.3 is 52.4 Å². The number of benzene rings is 1. The van der Waals surface area contributed by atoms with E-state index < -0.39 is 0 Å². The third-order valence-corrected chi connectivity index (χ3v) is 6.91. The van der Waals surface area contributed by atoms with Crippen LogP contribution in [0.1, 0.15) is 66.4 Å². The maximum atomic E-state index is 2.37. The Balaban J connectivity index is 0. The van der Waals surface area contributed by atoms with Crippen molar-refractivity contribution in [2.24, 2.45) is 0 Å². The number of quaternary nitrogens is 2. The van der Waals surface area contributed by atoms with E-state index in [0.29, 0.717) is 0 Å². The van der Waals surface area contributed by atoms with Gasteiger partial charge in [0.1, 0.15) is 5.69 Å². The summed E-state index contributed by atoms with van der Waals surface area (Å²) in [6.45, 7) is 22.7. The SMILES string of the molecule is CC[N+](CC)(CC)CCCCCc1ccc([N+](CC)(CC)CC)cc1.[I-].[I-]. The third-order valence-electron chi connectivity index (χ3n) is 6.91. The lowest BCUT2D eigenvalue weighted by atomic mass is 10.1. The normalized spacial score (nSPS) is 11.6. The highest BCUT2D eigenvalue weighted by Gasteiger charge is 2.23. The maximum Gasteiger partial charge on any atom is 0.132 e. The van der Waals surface area contributed by atoms with Crippen molar-refractivity contribution in [2.75, 3.05) is 45.8 Å². The molecule has 0 saturated heterocycles. The van der Waals surface area contributed by atoms with Gasteiger partial charge in [0, 0.05) is 0 Å². The summed E-state index contributed by atoms with van der Waals surface area (Å²) in [4.78, 5) is 0. The van der Waals surface area contributed by atoms with Gasteiger partial charge in [0.05, 0.1) is 45.8 Å². The highest BCUT2D eigenvalue weighted by molar-refractivity contribution is 5.44. The first-order chi connectivity index (χ1) is 12.0. The molecule has 0 bridgehead atoms. The van der Waals surface area contributed by atoms with Gasteiger partial charge in [0.25, 0.3) is 0 Å². The number of nitrogens with zero attached hydrogens (tertiary/aromatic N) is 2. The van der Waals surface area contributed by atoms with E-state index >= 15 is 0 Å². The van der Waals surface area contributed by atoms with Crippen molar-refractivity contribution < 1.29 is 52.4 Å². The molecule has 0 heterocycles. The summed E-state index contributed by atoms with van der Waals surface area (Å²) in [5.41, 5.74) is 2.99. The smallest absolute Gasteiger partial charge is 0.132 e. The molecule has 0 fully saturated rings. The second-order valence-electron chi connectivity index (χ2n) is 7.58. The van der Waals surface area contributed by atoms with Gasteiger partial charge >= 0.3 is 0 Å². The molecule has 0 aliphatic heterocycles. The van der Waals surface area contributed by atoms with Gasteiger partial charge in [-0.15, -0.1) is 0 Å². The number of rotatable bonds is 13. The summed E-state index contributed by atoms with van der Waals surface area (Å²) in [5, 5.41) is 0. The van der Waals surface area contributed by atoms with Crippen LogP contribution < -0.4 is 52.4 Å². The largest absolute Gasteiger partial charge is 1.00 e. The molecule has 0 saturated carbocycles. The van der Waals surface area contributed by atoms with Gasteiger partial charge in [-0.3, -0.25) is 4.48 Å². The van der Waals surface area contributed by atoms with Crippen LogP contribution in [0.15, 0.2) is 24.3 Å². The Kier molecular flexibility index (Phi) is 17.0. The Bertz CT molecular complexity index is 449. The van der Waals surface area contributed by atoms with Gasteiger partial charge in [-0.05, 0) is 84.9 Å². The number of hydrogen-bond donors (Lipinski definition) is 0. The molecule has 27 heavy (non-hydrogen) atoms. The first kappa shape index (κ1) is 29.8. The third kappa shape index (κ3) is 8.47. The summed E-state index contributed by atoms with van der Waals surface area (Å²) < 4.78 is 2.39. The summed E-state index contributed by atoms with van der Waals surface area (Å²) in [6.07, 6.45) is 5.29. The predicted molar refractivity (Wildman–Crippen MR) is 114 cm³/mol. The molecule has 1 rings (SSSR count). The molecule has 0 amide bonds. The second-order valence-corrected chi connectivity index (χ2v) is 7.58. The number of halogens is 2. The molecular formula is C23H44I2N2. The van der Waals surface area contributed by atoms with E-state index in [-0.39, 0.29) is 48.0 Å². The van der Waals surface area contributed by atoms with Crippen LogP contribution >= 0.6 is 0 Å². The van der Waals surface area contributed by atoms with Gasteiger partial charge in [0.2, 0.25) is 0 Å². The minimum absolute atomic E-state index is 0. The van der Waals surface area contributed by atoms with Crippen molar-refractivity contribution in [1.82, 2.24) is 4.48 Å². The van der Waals surface area contributed by atoms with E-state index in [1.807, 2.05) is 0 Å². The van der Waals surface area contributed by atoms with Gasteiger partial charge in [0.15, 0.2) is 0 Å². The quantitative estimate of drug-likeness (QED) is 0.165. The van der Waals surface area contributed by atoms with E-state index in [1.54, 1.807) is 0 Å². The molecule has 2 nitrogen and oxygen atoms in total. The van der Waals surface area contributed by atoms with Crippen molar-refractivity contribution >= 4 is 5.69 Å². The van der Waals surface area contributed by atoms with Crippen LogP contribution in [-0.4, -0.2) is 50.3 Å². The maximum absolute atomic E-state index is 2.37. The van der Waals surface area contributed by atoms with Crippen molar-refractivity contribution in [2.45, 2.75) is 67.2 Å². The lowest BCUT2D eigenvalue weighted by Gasteiger charge is -2.36. The van der Waals surface area contributed by atoms with E-state index in [0.717, 1.165) is 4.48 Å². The van der Waals surface area contributed by atoms with Gasteiger partial charge in [-0.1, -0.05) is 12.1 Å². The minimum atomic E-state index is 0. The first-order valence-corrected chi connectivity index (χ1v) is 10.9. The fourth-order valence-electron chi connectivity index (χ4n) is 4.30. The van der Waals surface area contributed by atoms with Crippen molar-refractivity contribution in [3.8, 4) is 0 Å². The standard InChI is InChI=1S/C23H44N2.2HI/c1-7-24(8-2,9-3)21-15-13-14-16-22-17-19-23(20-18-22)25(10-4,11-5)12-6;;/h17-20H,7-16,21H2,1-6H3;2*1H/q+2;;/p-2. The topological polar surface area (TPSA) is 0 Å². The molecule has 0 aliphatic carbocycles. The lowest BCUT2D eigenvalue weighted by molar-refractivity contribution is -0.923. The number of aryl methyl sites for hydroxylation is 1.